The Balaban J connectivity index is 2.75. The largest absolute Gasteiger partial charge is 0.495 e. The summed E-state index contributed by atoms with van der Waals surface area (Å²) in [5.41, 5.74) is -2.05. The molecule has 0 saturated carbocycles. The Morgan fingerprint density at radius 2 is 2.04 bits per heavy atom. The number of alkyl halides is 3. The summed E-state index contributed by atoms with van der Waals surface area (Å²) in [6.45, 7) is 1.62. The topological polar surface area (TPSA) is 77.1 Å². The highest BCUT2D eigenvalue weighted by molar-refractivity contribution is 9.10. The van der Waals surface area contributed by atoms with Gasteiger partial charge in [-0.05, 0) is 35.0 Å². The molecule has 0 atom stereocenters. The lowest BCUT2D eigenvalue weighted by molar-refractivity contribution is -0.137. The van der Waals surface area contributed by atoms with E-state index in [1.807, 2.05) is 0 Å². The molecule has 0 radical (unpaired) electrons. The summed E-state index contributed by atoms with van der Waals surface area (Å²) in [4.78, 5) is 11.9. The van der Waals surface area contributed by atoms with E-state index >= 15 is 0 Å². The summed E-state index contributed by atoms with van der Waals surface area (Å²) in [5.74, 6) is -0.995. The minimum absolute atomic E-state index is 0.0485. The minimum Gasteiger partial charge on any atom is -0.495 e. The molecule has 1 aromatic carbocycles. The molecule has 0 aliphatic carbocycles. The van der Waals surface area contributed by atoms with Crippen LogP contribution in [0, 0.1) is 0 Å². The number of rotatable bonds is 4. The van der Waals surface area contributed by atoms with Crippen LogP contribution in [0.1, 0.15) is 23.0 Å². The smallest absolute Gasteiger partial charge is 0.417 e. The summed E-state index contributed by atoms with van der Waals surface area (Å²) in [5, 5.41) is 9.41. The SMILES string of the molecule is CCOC(=O)c1n[nH]nc1-c1c(C(F)(F)F)ccc(Br)c1OC. The van der Waals surface area contributed by atoms with Crippen LogP contribution in [0.2, 0.25) is 0 Å². The Kier molecular flexibility index (Phi) is 4.93. The van der Waals surface area contributed by atoms with Gasteiger partial charge in [-0.15, -0.1) is 5.10 Å². The van der Waals surface area contributed by atoms with Crippen molar-refractivity contribution in [2.75, 3.05) is 13.7 Å². The Morgan fingerprint density at radius 1 is 1.35 bits per heavy atom. The summed E-state index contributed by atoms with van der Waals surface area (Å²) in [6.07, 6.45) is -4.67. The average Bonchev–Trinajstić information content (AvgIpc) is 2.94. The number of halogens is 4. The Hall–Kier alpha value is -2.10. The fourth-order valence-corrected chi connectivity index (χ4v) is 2.47. The highest BCUT2D eigenvalue weighted by atomic mass is 79.9. The number of nitrogens with one attached hydrogen (secondary N) is 1. The summed E-state index contributed by atoms with van der Waals surface area (Å²) in [6, 6.07) is 2.07. The predicted molar refractivity (Wildman–Crippen MR) is 77.0 cm³/mol. The van der Waals surface area contributed by atoms with Crippen LogP contribution in [-0.2, 0) is 10.9 Å². The van der Waals surface area contributed by atoms with Gasteiger partial charge in [0.15, 0.2) is 5.69 Å². The second kappa shape index (κ2) is 6.57. The van der Waals surface area contributed by atoms with E-state index in [-0.39, 0.29) is 28.2 Å². The number of esters is 1. The van der Waals surface area contributed by atoms with E-state index < -0.39 is 23.3 Å². The maximum atomic E-state index is 13.3. The van der Waals surface area contributed by atoms with Gasteiger partial charge in [-0.1, -0.05) is 0 Å². The van der Waals surface area contributed by atoms with Crippen LogP contribution in [0.4, 0.5) is 13.2 Å². The minimum atomic E-state index is -4.67. The van der Waals surface area contributed by atoms with Crippen molar-refractivity contribution >= 4 is 21.9 Å². The van der Waals surface area contributed by atoms with Crippen LogP contribution in [0.5, 0.6) is 5.75 Å². The lowest BCUT2D eigenvalue weighted by Crippen LogP contribution is -2.12. The number of methoxy groups -OCH3 is 1. The number of H-pyrrole nitrogens is 1. The molecule has 0 amide bonds. The van der Waals surface area contributed by atoms with Crippen molar-refractivity contribution in [3.05, 3.63) is 27.9 Å². The van der Waals surface area contributed by atoms with Crippen molar-refractivity contribution in [1.29, 1.82) is 0 Å². The maximum absolute atomic E-state index is 13.3. The third kappa shape index (κ3) is 3.31. The first-order valence-corrected chi connectivity index (χ1v) is 7.12. The molecule has 1 N–H and O–H groups in total. The summed E-state index contributed by atoms with van der Waals surface area (Å²) in [7, 11) is 1.22. The number of nitrogens with zero attached hydrogens (tertiary/aromatic N) is 2. The third-order valence-electron chi connectivity index (χ3n) is 2.87. The van der Waals surface area contributed by atoms with E-state index in [2.05, 4.69) is 31.3 Å². The first-order valence-electron chi connectivity index (χ1n) is 6.33. The molecule has 10 heteroatoms. The summed E-state index contributed by atoms with van der Waals surface area (Å²) >= 11 is 3.12. The third-order valence-corrected chi connectivity index (χ3v) is 3.50. The average molecular weight is 394 g/mol. The first-order chi connectivity index (χ1) is 10.8. The van der Waals surface area contributed by atoms with E-state index in [1.54, 1.807) is 6.92 Å². The van der Waals surface area contributed by atoms with Crippen molar-refractivity contribution in [2.45, 2.75) is 13.1 Å². The molecule has 0 aliphatic heterocycles. The maximum Gasteiger partial charge on any atom is 0.417 e. The Labute approximate surface area is 137 Å². The molecule has 1 heterocycles. The number of benzene rings is 1. The van der Waals surface area contributed by atoms with Gasteiger partial charge in [-0.2, -0.15) is 23.5 Å². The molecule has 2 rings (SSSR count). The quantitative estimate of drug-likeness (QED) is 0.805. The molecule has 6 nitrogen and oxygen atoms in total. The van der Waals surface area contributed by atoms with E-state index in [0.29, 0.717) is 0 Å². The highest BCUT2D eigenvalue weighted by Gasteiger charge is 2.38. The number of hydrogen-bond acceptors (Lipinski definition) is 5. The fraction of sp³-hybridized carbons (Fsp3) is 0.308. The van der Waals surface area contributed by atoms with Crippen molar-refractivity contribution in [3.8, 4) is 17.0 Å². The lowest BCUT2D eigenvalue weighted by atomic mass is 10.0. The number of aromatic amines is 1. The van der Waals surface area contributed by atoms with Gasteiger partial charge in [-0.3, -0.25) is 0 Å². The Morgan fingerprint density at radius 3 is 2.61 bits per heavy atom. The second-order valence-corrected chi connectivity index (χ2v) is 5.10. The highest BCUT2D eigenvalue weighted by Crippen LogP contribution is 2.45. The zero-order chi connectivity index (χ0) is 17.2. The van der Waals surface area contributed by atoms with Crippen molar-refractivity contribution in [3.63, 3.8) is 0 Å². The van der Waals surface area contributed by atoms with E-state index in [4.69, 9.17) is 9.47 Å². The molecular formula is C13H11BrF3N3O3. The molecule has 0 fully saturated rings. The number of carbonyl (C=O) groups excluding carboxylic acids is 1. The molecule has 0 spiro atoms. The van der Waals surface area contributed by atoms with Gasteiger partial charge in [0.25, 0.3) is 0 Å². The second-order valence-electron chi connectivity index (χ2n) is 4.24. The van der Waals surface area contributed by atoms with Gasteiger partial charge < -0.3 is 9.47 Å². The molecular weight excluding hydrogens is 383 g/mol. The van der Waals surface area contributed by atoms with Gasteiger partial charge in [0.1, 0.15) is 11.4 Å². The molecule has 0 aliphatic rings. The van der Waals surface area contributed by atoms with Crippen LogP contribution < -0.4 is 4.74 Å². The van der Waals surface area contributed by atoms with Gasteiger partial charge in [0, 0.05) is 0 Å². The monoisotopic (exact) mass is 393 g/mol. The van der Waals surface area contributed by atoms with Gasteiger partial charge in [-0.25, -0.2) is 4.79 Å². The van der Waals surface area contributed by atoms with E-state index in [1.165, 1.54) is 13.2 Å². The molecule has 23 heavy (non-hydrogen) atoms. The molecule has 124 valence electrons. The Bertz CT molecular complexity index is 731. The number of carbonyl (C=O) groups is 1. The number of aromatic nitrogens is 3. The molecule has 0 bridgehead atoms. The van der Waals surface area contributed by atoms with Gasteiger partial charge in [0.2, 0.25) is 0 Å². The van der Waals surface area contributed by atoms with Gasteiger partial charge >= 0.3 is 12.1 Å². The standard InChI is InChI=1S/C13H11BrF3N3O3/c1-3-23-12(21)10-9(18-20-19-10)8-6(13(15,16)17)4-5-7(14)11(8)22-2/h4-5H,3H2,1-2H3,(H,18,19,20). The van der Waals surface area contributed by atoms with Crippen molar-refractivity contribution in [2.24, 2.45) is 0 Å². The van der Waals surface area contributed by atoms with Crippen LogP contribution >= 0.6 is 15.9 Å². The molecule has 0 unspecified atom stereocenters. The normalized spacial score (nSPS) is 11.4. The first kappa shape index (κ1) is 17.3. The predicted octanol–water partition coefficient (Wildman–Crippen LogP) is 3.44. The molecule has 0 saturated heterocycles. The zero-order valence-corrected chi connectivity index (χ0v) is 13.6. The van der Waals surface area contributed by atoms with Crippen LogP contribution in [0.25, 0.3) is 11.3 Å². The summed E-state index contributed by atoms with van der Waals surface area (Å²) < 4.78 is 50.1. The molecule has 2 aromatic rings. The number of ether oxygens (including phenoxy) is 2. The van der Waals surface area contributed by atoms with E-state index in [0.717, 1.165) is 6.07 Å². The van der Waals surface area contributed by atoms with Crippen molar-refractivity contribution < 1.29 is 27.4 Å². The fourth-order valence-electron chi connectivity index (χ4n) is 1.98. The van der Waals surface area contributed by atoms with Crippen LogP contribution in [0.3, 0.4) is 0 Å². The lowest BCUT2D eigenvalue weighted by Gasteiger charge is -2.16. The van der Waals surface area contributed by atoms with Gasteiger partial charge in [0.05, 0.1) is 29.3 Å². The van der Waals surface area contributed by atoms with Crippen LogP contribution in [0.15, 0.2) is 16.6 Å². The van der Waals surface area contributed by atoms with Crippen LogP contribution in [-0.4, -0.2) is 35.1 Å². The van der Waals surface area contributed by atoms with E-state index in [9.17, 15) is 18.0 Å². The zero-order valence-electron chi connectivity index (χ0n) is 12.0. The molecule has 1 aromatic heterocycles. The van der Waals surface area contributed by atoms with Crippen molar-refractivity contribution in [1.82, 2.24) is 15.4 Å². The number of hydrogen-bond donors (Lipinski definition) is 1.